The molecule has 0 radical (unpaired) electrons. The summed E-state index contributed by atoms with van der Waals surface area (Å²) >= 11 is 0. The average molecular weight is 342 g/mol. The lowest BCUT2D eigenvalue weighted by molar-refractivity contribution is -0.246. The lowest BCUT2D eigenvalue weighted by Crippen LogP contribution is -2.44. The molecule has 0 fully saturated rings. The van der Waals surface area contributed by atoms with Crippen LogP contribution in [0.25, 0.3) is 21.8 Å². The molecule has 0 aliphatic rings. The molecule has 0 saturated carbocycles. The van der Waals surface area contributed by atoms with E-state index in [1.807, 2.05) is 30.3 Å². The molecule has 3 rings (SSSR count). The van der Waals surface area contributed by atoms with Crippen LogP contribution in [-0.2, 0) is 11.2 Å². The maximum Gasteiger partial charge on any atom is 0.472 e. The summed E-state index contributed by atoms with van der Waals surface area (Å²) in [5.41, 5.74) is 3.21. The smallest absolute Gasteiger partial charge is 0.426 e. The number of nitrogens with zero attached hydrogens (tertiary/aromatic N) is 1. The first-order valence-corrected chi connectivity index (χ1v) is 8.45. The van der Waals surface area contributed by atoms with Crippen LogP contribution in [0, 0.1) is 0 Å². The van der Waals surface area contributed by atoms with Crippen LogP contribution in [-0.4, -0.2) is 44.9 Å². The lowest BCUT2D eigenvalue weighted by Gasteiger charge is -2.28. The summed E-state index contributed by atoms with van der Waals surface area (Å²) in [5.74, 6) is 0. The SMILES string of the molecule is C[C@H](O)N(OB(O)CCc1cccc2c1[nH]c1ccccc12)[C@@H](C)O. The first-order valence-electron chi connectivity index (χ1n) is 8.45. The number of aryl methyl sites for hydroxylation is 1. The standard InChI is InChI=1S/C18H23BN2O4/c1-12(22)21(13(2)23)25-19(24)11-10-14-6-5-8-16-15-7-3-4-9-17(15)20-18(14)16/h3-9,12-13,20,22-24H,10-11H2,1-2H3/t12-,13+. The Kier molecular flexibility index (Phi) is 5.41. The van der Waals surface area contributed by atoms with Crippen molar-refractivity contribution in [1.29, 1.82) is 0 Å². The second-order valence-electron chi connectivity index (χ2n) is 6.23. The van der Waals surface area contributed by atoms with Gasteiger partial charge in [-0.1, -0.05) is 36.4 Å². The lowest BCUT2D eigenvalue weighted by atomic mass is 9.82. The summed E-state index contributed by atoms with van der Waals surface area (Å²) < 4.78 is 5.24. The topological polar surface area (TPSA) is 89.0 Å². The fraction of sp³-hybridized carbons (Fsp3) is 0.333. The van der Waals surface area contributed by atoms with Gasteiger partial charge in [0.2, 0.25) is 0 Å². The van der Waals surface area contributed by atoms with Crippen LogP contribution in [0.3, 0.4) is 0 Å². The number of H-pyrrole nitrogens is 1. The van der Waals surface area contributed by atoms with Gasteiger partial charge < -0.3 is 25.0 Å². The highest BCUT2D eigenvalue weighted by Gasteiger charge is 2.24. The number of rotatable bonds is 7. The predicted molar refractivity (Wildman–Crippen MR) is 98.6 cm³/mol. The van der Waals surface area contributed by atoms with Crippen molar-refractivity contribution in [1.82, 2.24) is 10.0 Å². The van der Waals surface area contributed by atoms with Gasteiger partial charge in [-0.25, -0.2) is 0 Å². The zero-order valence-electron chi connectivity index (χ0n) is 14.4. The van der Waals surface area contributed by atoms with Crippen molar-refractivity contribution in [2.45, 2.75) is 39.0 Å². The Morgan fingerprint density at radius 1 is 1.04 bits per heavy atom. The zero-order chi connectivity index (χ0) is 18.0. The number of aromatic nitrogens is 1. The number of fused-ring (bicyclic) bond motifs is 3. The number of para-hydroxylation sites is 2. The number of hydroxylamine groups is 2. The van der Waals surface area contributed by atoms with E-state index in [1.54, 1.807) is 0 Å². The van der Waals surface area contributed by atoms with E-state index in [0.29, 0.717) is 12.7 Å². The molecule has 0 unspecified atom stereocenters. The average Bonchev–Trinajstić information content (AvgIpc) is 2.96. The molecule has 132 valence electrons. The molecular weight excluding hydrogens is 319 g/mol. The summed E-state index contributed by atoms with van der Waals surface area (Å²) in [6.07, 6.45) is -1.11. The quantitative estimate of drug-likeness (QED) is 0.300. The van der Waals surface area contributed by atoms with Gasteiger partial charge in [0.05, 0.1) is 0 Å². The van der Waals surface area contributed by atoms with Gasteiger partial charge in [0, 0.05) is 21.8 Å². The maximum absolute atomic E-state index is 10.1. The molecule has 0 aliphatic carbocycles. The summed E-state index contributed by atoms with van der Waals surface area (Å²) in [7, 11) is -1.12. The van der Waals surface area contributed by atoms with Crippen LogP contribution in [0.2, 0.25) is 6.32 Å². The highest BCUT2D eigenvalue weighted by Crippen LogP contribution is 2.28. The molecule has 1 aromatic heterocycles. The minimum atomic E-state index is -1.12. The summed E-state index contributed by atoms with van der Waals surface area (Å²) in [6, 6.07) is 14.2. The van der Waals surface area contributed by atoms with Crippen molar-refractivity contribution in [3.63, 3.8) is 0 Å². The van der Waals surface area contributed by atoms with E-state index < -0.39 is 19.6 Å². The van der Waals surface area contributed by atoms with Gasteiger partial charge in [0.15, 0.2) is 0 Å². The number of aliphatic hydroxyl groups excluding tert-OH is 2. The fourth-order valence-electron chi connectivity index (χ4n) is 3.10. The van der Waals surface area contributed by atoms with Crippen LogP contribution in [0.5, 0.6) is 0 Å². The molecule has 1 heterocycles. The van der Waals surface area contributed by atoms with E-state index >= 15 is 0 Å². The number of benzene rings is 2. The molecule has 0 saturated heterocycles. The summed E-state index contributed by atoms with van der Waals surface area (Å²) in [4.78, 5) is 3.43. The Bertz CT molecular complexity index is 841. The number of aliphatic hydroxyl groups is 2. The highest BCUT2D eigenvalue weighted by molar-refractivity contribution is 6.42. The van der Waals surface area contributed by atoms with E-state index in [2.05, 4.69) is 17.1 Å². The van der Waals surface area contributed by atoms with Crippen molar-refractivity contribution >= 4 is 28.9 Å². The molecule has 7 heteroatoms. The van der Waals surface area contributed by atoms with E-state index in [-0.39, 0.29) is 0 Å². The molecule has 0 bridgehead atoms. The first-order chi connectivity index (χ1) is 12.0. The molecule has 6 nitrogen and oxygen atoms in total. The van der Waals surface area contributed by atoms with Crippen LogP contribution in [0.15, 0.2) is 42.5 Å². The minimum Gasteiger partial charge on any atom is -0.426 e. The second-order valence-corrected chi connectivity index (χ2v) is 6.23. The molecule has 3 aromatic rings. The largest absolute Gasteiger partial charge is 0.472 e. The number of nitrogens with one attached hydrogen (secondary N) is 1. The van der Waals surface area contributed by atoms with Crippen LogP contribution >= 0.6 is 0 Å². The number of hydrogen-bond acceptors (Lipinski definition) is 5. The van der Waals surface area contributed by atoms with E-state index in [1.165, 1.54) is 19.2 Å². The molecule has 0 aliphatic heterocycles. The summed E-state index contributed by atoms with van der Waals surface area (Å²) in [5, 5.41) is 32.5. The molecule has 2 atom stereocenters. The molecule has 4 N–H and O–H groups in total. The van der Waals surface area contributed by atoms with Gasteiger partial charge in [0.1, 0.15) is 12.5 Å². The van der Waals surface area contributed by atoms with E-state index in [9.17, 15) is 15.2 Å². The molecule has 2 aromatic carbocycles. The first kappa shape index (κ1) is 17.9. The van der Waals surface area contributed by atoms with Crippen molar-refractivity contribution in [3.8, 4) is 0 Å². The van der Waals surface area contributed by atoms with Crippen molar-refractivity contribution in [2.24, 2.45) is 0 Å². The number of hydrogen-bond donors (Lipinski definition) is 4. The van der Waals surface area contributed by atoms with Crippen molar-refractivity contribution < 1.29 is 20.0 Å². The predicted octanol–water partition coefficient (Wildman–Crippen LogP) is 2.25. The van der Waals surface area contributed by atoms with Gasteiger partial charge >= 0.3 is 7.12 Å². The molecule has 0 spiro atoms. The number of aromatic amines is 1. The van der Waals surface area contributed by atoms with Gasteiger partial charge in [-0.2, -0.15) is 0 Å². The Morgan fingerprint density at radius 3 is 2.44 bits per heavy atom. The normalized spacial score (nSPS) is 14.3. The van der Waals surface area contributed by atoms with Crippen LogP contribution in [0.4, 0.5) is 0 Å². The molecule has 0 amide bonds. The monoisotopic (exact) mass is 342 g/mol. The van der Waals surface area contributed by atoms with Crippen LogP contribution in [0.1, 0.15) is 19.4 Å². The zero-order valence-corrected chi connectivity index (χ0v) is 14.4. The fourth-order valence-corrected chi connectivity index (χ4v) is 3.10. The van der Waals surface area contributed by atoms with Crippen LogP contribution < -0.4 is 0 Å². The maximum atomic E-state index is 10.1. The molecule has 25 heavy (non-hydrogen) atoms. The third kappa shape index (κ3) is 3.86. The second kappa shape index (κ2) is 7.55. The molecular formula is C18H23BN2O4. The summed E-state index contributed by atoms with van der Waals surface area (Å²) in [6.45, 7) is 2.93. The third-order valence-electron chi connectivity index (χ3n) is 4.27. The third-order valence-corrected chi connectivity index (χ3v) is 4.27. The van der Waals surface area contributed by atoms with E-state index in [0.717, 1.165) is 27.0 Å². The minimum absolute atomic E-state index is 0.338. The Balaban J connectivity index is 1.75. The van der Waals surface area contributed by atoms with Crippen molar-refractivity contribution in [2.75, 3.05) is 0 Å². The van der Waals surface area contributed by atoms with E-state index in [4.69, 9.17) is 4.76 Å². The Morgan fingerprint density at radius 2 is 1.72 bits per heavy atom. The van der Waals surface area contributed by atoms with Gasteiger partial charge in [-0.05, 0) is 38.2 Å². The van der Waals surface area contributed by atoms with Gasteiger partial charge in [-0.15, -0.1) is 5.06 Å². The van der Waals surface area contributed by atoms with Gasteiger partial charge in [0.25, 0.3) is 0 Å². The Labute approximate surface area is 146 Å². The van der Waals surface area contributed by atoms with Gasteiger partial charge in [-0.3, -0.25) is 0 Å². The highest BCUT2D eigenvalue weighted by atomic mass is 16.7. The van der Waals surface area contributed by atoms with Crippen molar-refractivity contribution in [3.05, 3.63) is 48.0 Å². The Hall–Kier alpha value is -1.90.